The first-order chi connectivity index (χ1) is 14.5. The molecule has 152 valence electrons. The zero-order valence-corrected chi connectivity index (χ0v) is 17.3. The van der Waals surface area contributed by atoms with Gasteiger partial charge in [-0.15, -0.1) is 0 Å². The van der Waals surface area contributed by atoms with E-state index in [0.29, 0.717) is 29.0 Å². The average molecular weight is 422 g/mol. The van der Waals surface area contributed by atoms with Gasteiger partial charge in [-0.2, -0.15) is 0 Å². The van der Waals surface area contributed by atoms with Crippen LogP contribution in [0.2, 0.25) is 5.15 Å². The number of benzene rings is 1. The SMILES string of the molecule is CN(C)CC(=O)Nc1ccc(Nc2nccc(-c3c(Cl)nc4ccccn34)n2)cc1. The summed E-state index contributed by atoms with van der Waals surface area (Å²) in [5.41, 5.74) is 3.62. The molecule has 0 unspecified atom stereocenters. The van der Waals surface area contributed by atoms with Crippen LogP contribution in [0, 0.1) is 0 Å². The summed E-state index contributed by atoms with van der Waals surface area (Å²) >= 11 is 6.35. The van der Waals surface area contributed by atoms with Crippen LogP contribution in [0.25, 0.3) is 17.0 Å². The van der Waals surface area contributed by atoms with Crippen molar-refractivity contribution in [3.05, 3.63) is 66.1 Å². The second-order valence-electron chi connectivity index (χ2n) is 6.93. The van der Waals surface area contributed by atoms with E-state index < -0.39 is 0 Å². The summed E-state index contributed by atoms with van der Waals surface area (Å²) in [5, 5.41) is 6.40. The average Bonchev–Trinajstić information content (AvgIpc) is 3.05. The summed E-state index contributed by atoms with van der Waals surface area (Å²) in [6.07, 6.45) is 3.56. The van der Waals surface area contributed by atoms with Gasteiger partial charge in [-0.05, 0) is 56.6 Å². The zero-order valence-electron chi connectivity index (χ0n) is 16.5. The number of hydrogen-bond donors (Lipinski definition) is 2. The Morgan fingerprint density at radius 3 is 2.60 bits per heavy atom. The van der Waals surface area contributed by atoms with Crippen LogP contribution in [-0.2, 0) is 4.79 Å². The molecular formula is C21H20ClN7O. The predicted octanol–water partition coefficient (Wildman–Crippen LogP) is 3.69. The van der Waals surface area contributed by atoms with Crippen molar-refractivity contribution < 1.29 is 4.79 Å². The number of carbonyl (C=O) groups is 1. The lowest BCUT2D eigenvalue weighted by Crippen LogP contribution is -2.27. The van der Waals surface area contributed by atoms with Crippen LogP contribution in [-0.4, -0.2) is 50.8 Å². The molecule has 0 atom stereocenters. The maximum atomic E-state index is 11.9. The summed E-state index contributed by atoms with van der Waals surface area (Å²) in [4.78, 5) is 26.9. The van der Waals surface area contributed by atoms with Crippen molar-refractivity contribution in [3.63, 3.8) is 0 Å². The lowest BCUT2D eigenvalue weighted by molar-refractivity contribution is -0.116. The van der Waals surface area contributed by atoms with Crippen LogP contribution >= 0.6 is 11.6 Å². The molecule has 0 aliphatic rings. The van der Waals surface area contributed by atoms with Crippen molar-refractivity contribution in [3.8, 4) is 11.4 Å². The number of likely N-dealkylation sites (N-methyl/N-ethyl adjacent to an activating group) is 1. The van der Waals surface area contributed by atoms with Crippen molar-refractivity contribution in [1.82, 2.24) is 24.3 Å². The Balaban J connectivity index is 1.52. The van der Waals surface area contributed by atoms with Crippen molar-refractivity contribution in [2.45, 2.75) is 0 Å². The summed E-state index contributed by atoms with van der Waals surface area (Å²) < 4.78 is 1.89. The number of rotatable bonds is 6. The molecule has 0 bridgehead atoms. The van der Waals surface area contributed by atoms with Gasteiger partial charge in [0.05, 0.1) is 12.2 Å². The van der Waals surface area contributed by atoms with Gasteiger partial charge in [0, 0.05) is 23.8 Å². The minimum atomic E-state index is -0.0679. The van der Waals surface area contributed by atoms with E-state index in [2.05, 4.69) is 25.6 Å². The number of nitrogens with one attached hydrogen (secondary N) is 2. The molecule has 0 saturated heterocycles. The quantitative estimate of drug-likeness (QED) is 0.493. The van der Waals surface area contributed by atoms with Gasteiger partial charge in [-0.25, -0.2) is 15.0 Å². The maximum absolute atomic E-state index is 11.9. The van der Waals surface area contributed by atoms with Crippen LogP contribution in [0.5, 0.6) is 0 Å². The Kier molecular flexibility index (Phi) is 5.60. The molecule has 0 spiro atoms. The van der Waals surface area contributed by atoms with Gasteiger partial charge >= 0.3 is 0 Å². The van der Waals surface area contributed by atoms with Gasteiger partial charge in [0.2, 0.25) is 11.9 Å². The number of amides is 1. The van der Waals surface area contributed by atoms with Crippen molar-refractivity contribution in [2.24, 2.45) is 0 Å². The Labute approximate surface area is 178 Å². The highest BCUT2D eigenvalue weighted by atomic mass is 35.5. The molecule has 3 aromatic heterocycles. The fourth-order valence-corrected chi connectivity index (χ4v) is 3.28. The second-order valence-corrected chi connectivity index (χ2v) is 7.29. The number of halogens is 1. The lowest BCUT2D eigenvalue weighted by Gasteiger charge is -2.11. The maximum Gasteiger partial charge on any atom is 0.238 e. The molecule has 30 heavy (non-hydrogen) atoms. The summed E-state index contributed by atoms with van der Waals surface area (Å²) in [6.45, 7) is 0.326. The molecule has 8 nitrogen and oxygen atoms in total. The zero-order chi connectivity index (χ0) is 21.1. The van der Waals surface area contributed by atoms with Crippen LogP contribution in [0.1, 0.15) is 0 Å². The molecule has 4 rings (SSSR count). The van der Waals surface area contributed by atoms with E-state index in [9.17, 15) is 4.79 Å². The third kappa shape index (κ3) is 4.40. The normalized spacial score (nSPS) is 11.1. The molecule has 1 amide bonds. The first-order valence-corrected chi connectivity index (χ1v) is 9.65. The number of nitrogens with zero attached hydrogens (tertiary/aromatic N) is 5. The molecule has 0 aliphatic carbocycles. The number of imidazole rings is 1. The van der Waals surface area contributed by atoms with Crippen LogP contribution in [0.4, 0.5) is 17.3 Å². The Bertz CT molecular complexity index is 1190. The number of fused-ring (bicyclic) bond motifs is 1. The minimum absolute atomic E-state index is 0.0679. The molecule has 0 radical (unpaired) electrons. The highest BCUT2D eigenvalue weighted by Crippen LogP contribution is 2.28. The van der Waals surface area contributed by atoms with Gasteiger partial charge in [0.25, 0.3) is 0 Å². The first-order valence-electron chi connectivity index (χ1n) is 9.27. The fourth-order valence-electron chi connectivity index (χ4n) is 3.00. The van der Waals surface area contributed by atoms with Crippen LogP contribution in [0.15, 0.2) is 60.9 Å². The van der Waals surface area contributed by atoms with Gasteiger partial charge in [-0.1, -0.05) is 17.7 Å². The number of hydrogen-bond acceptors (Lipinski definition) is 6. The van der Waals surface area contributed by atoms with E-state index in [0.717, 1.165) is 17.0 Å². The Hall–Kier alpha value is -3.49. The number of aromatic nitrogens is 4. The van der Waals surface area contributed by atoms with E-state index in [1.165, 1.54) is 0 Å². The largest absolute Gasteiger partial charge is 0.325 e. The van der Waals surface area contributed by atoms with E-state index >= 15 is 0 Å². The molecule has 0 aliphatic heterocycles. The number of carbonyl (C=O) groups excluding carboxylic acids is 1. The van der Waals surface area contributed by atoms with E-state index in [1.807, 2.05) is 72.1 Å². The second kappa shape index (κ2) is 8.48. The van der Waals surface area contributed by atoms with Gasteiger partial charge in [-0.3, -0.25) is 9.20 Å². The van der Waals surface area contributed by atoms with Crippen molar-refractivity contribution in [1.29, 1.82) is 0 Å². The van der Waals surface area contributed by atoms with E-state index in [4.69, 9.17) is 11.6 Å². The molecule has 0 fully saturated rings. The Morgan fingerprint density at radius 1 is 1.07 bits per heavy atom. The molecule has 3 heterocycles. The van der Waals surface area contributed by atoms with Crippen molar-refractivity contribution >= 4 is 40.5 Å². The minimum Gasteiger partial charge on any atom is -0.325 e. The third-order valence-electron chi connectivity index (χ3n) is 4.27. The predicted molar refractivity (Wildman–Crippen MR) is 118 cm³/mol. The monoisotopic (exact) mass is 421 g/mol. The molecule has 1 aromatic carbocycles. The third-order valence-corrected chi connectivity index (χ3v) is 4.53. The fraction of sp³-hybridized carbons (Fsp3) is 0.143. The molecule has 0 saturated carbocycles. The topological polar surface area (TPSA) is 87.5 Å². The number of anilines is 3. The van der Waals surface area contributed by atoms with Gasteiger partial charge in [0.15, 0.2) is 5.15 Å². The van der Waals surface area contributed by atoms with Crippen molar-refractivity contribution in [2.75, 3.05) is 31.3 Å². The standard InChI is InChI=1S/C21H20ClN7O/c1-28(2)13-18(30)24-14-6-8-15(9-7-14)25-21-23-11-10-16(26-21)19-20(22)27-17-5-3-4-12-29(17)19/h3-12H,13H2,1-2H3,(H,24,30)(H,23,25,26). The molecule has 9 heteroatoms. The number of pyridine rings is 1. The van der Waals surface area contributed by atoms with Gasteiger partial charge in [0.1, 0.15) is 11.3 Å². The van der Waals surface area contributed by atoms with E-state index in [1.54, 1.807) is 12.3 Å². The molecule has 4 aromatic rings. The summed E-state index contributed by atoms with van der Waals surface area (Å²) in [7, 11) is 3.70. The van der Waals surface area contributed by atoms with E-state index in [-0.39, 0.29) is 5.91 Å². The van der Waals surface area contributed by atoms with Crippen LogP contribution < -0.4 is 10.6 Å². The highest BCUT2D eigenvalue weighted by molar-refractivity contribution is 6.32. The first kappa shape index (κ1) is 19.8. The lowest BCUT2D eigenvalue weighted by atomic mass is 10.2. The summed E-state index contributed by atoms with van der Waals surface area (Å²) in [6, 6.07) is 14.8. The van der Waals surface area contributed by atoms with Crippen LogP contribution in [0.3, 0.4) is 0 Å². The molecular weight excluding hydrogens is 402 g/mol. The smallest absolute Gasteiger partial charge is 0.238 e. The Morgan fingerprint density at radius 2 is 1.83 bits per heavy atom. The summed E-state index contributed by atoms with van der Waals surface area (Å²) in [5.74, 6) is 0.362. The van der Waals surface area contributed by atoms with Gasteiger partial charge < -0.3 is 15.5 Å². The molecule has 2 N–H and O–H groups in total. The highest BCUT2D eigenvalue weighted by Gasteiger charge is 2.14.